The summed E-state index contributed by atoms with van der Waals surface area (Å²) in [7, 11) is 0. The summed E-state index contributed by atoms with van der Waals surface area (Å²) >= 11 is 5.38. The zero-order valence-electron chi connectivity index (χ0n) is 8.15. The Balaban J connectivity index is 2.82. The fourth-order valence-electron chi connectivity index (χ4n) is 1.06. The maximum Gasteiger partial charge on any atom is 0.419 e. The first kappa shape index (κ1) is 13.1. The molecule has 0 N–H and O–H groups in total. The standard InChI is InChI=1S/C10H9ClF4O/c11-4-1-5-16-7-2-3-9(12)8(6-7)10(13,14)15/h2-3,6H,1,4-5H2. The Morgan fingerprint density at radius 2 is 1.94 bits per heavy atom. The highest BCUT2D eigenvalue weighted by atomic mass is 35.5. The smallest absolute Gasteiger partial charge is 0.419 e. The predicted molar refractivity (Wildman–Crippen MR) is 52.2 cm³/mol. The number of benzene rings is 1. The van der Waals surface area contributed by atoms with Gasteiger partial charge in [-0.05, 0) is 24.6 Å². The van der Waals surface area contributed by atoms with Crippen LogP contribution in [0.2, 0.25) is 0 Å². The molecule has 0 fully saturated rings. The van der Waals surface area contributed by atoms with E-state index >= 15 is 0 Å². The molecule has 90 valence electrons. The van der Waals surface area contributed by atoms with Gasteiger partial charge in [-0.25, -0.2) is 4.39 Å². The van der Waals surface area contributed by atoms with E-state index in [0.717, 1.165) is 12.1 Å². The van der Waals surface area contributed by atoms with Gasteiger partial charge in [0.1, 0.15) is 11.6 Å². The second kappa shape index (κ2) is 5.39. The van der Waals surface area contributed by atoms with Gasteiger partial charge in [-0.15, -0.1) is 11.6 Å². The molecular formula is C10H9ClF4O. The quantitative estimate of drug-likeness (QED) is 0.452. The minimum absolute atomic E-state index is 0.0150. The highest BCUT2D eigenvalue weighted by molar-refractivity contribution is 6.17. The molecule has 0 amide bonds. The average molecular weight is 257 g/mol. The minimum Gasteiger partial charge on any atom is -0.494 e. The number of halogens is 5. The molecular weight excluding hydrogens is 248 g/mol. The van der Waals surface area contributed by atoms with Crippen molar-refractivity contribution in [1.82, 2.24) is 0 Å². The molecule has 0 spiro atoms. The average Bonchev–Trinajstić information content (AvgIpc) is 2.19. The second-order valence-corrected chi connectivity index (χ2v) is 3.41. The first-order valence-corrected chi connectivity index (χ1v) is 5.04. The molecule has 0 aliphatic carbocycles. The fourth-order valence-corrected chi connectivity index (χ4v) is 1.17. The molecule has 0 saturated heterocycles. The number of ether oxygens (including phenoxy) is 1. The summed E-state index contributed by atoms with van der Waals surface area (Å²) in [5.74, 6) is -0.969. The van der Waals surface area contributed by atoms with Crippen LogP contribution in [0.25, 0.3) is 0 Å². The van der Waals surface area contributed by atoms with Crippen LogP contribution in [-0.4, -0.2) is 12.5 Å². The van der Waals surface area contributed by atoms with Gasteiger partial charge in [0.2, 0.25) is 0 Å². The molecule has 0 aliphatic heterocycles. The Kier molecular flexibility index (Phi) is 4.41. The summed E-state index contributed by atoms with van der Waals surface area (Å²) in [5, 5.41) is 0. The van der Waals surface area contributed by atoms with E-state index in [-0.39, 0.29) is 12.4 Å². The van der Waals surface area contributed by atoms with Crippen LogP contribution in [0.4, 0.5) is 17.6 Å². The molecule has 0 atom stereocenters. The van der Waals surface area contributed by atoms with Crippen LogP contribution in [0.3, 0.4) is 0 Å². The van der Waals surface area contributed by atoms with Crippen molar-refractivity contribution in [3.05, 3.63) is 29.6 Å². The van der Waals surface area contributed by atoms with Crippen LogP contribution in [0.5, 0.6) is 5.75 Å². The zero-order chi connectivity index (χ0) is 12.2. The third-order valence-corrected chi connectivity index (χ3v) is 2.06. The molecule has 1 nitrogen and oxygen atoms in total. The van der Waals surface area contributed by atoms with Gasteiger partial charge in [-0.3, -0.25) is 0 Å². The van der Waals surface area contributed by atoms with Crippen molar-refractivity contribution in [2.45, 2.75) is 12.6 Å². The molecule has 0 bridgehead atoms. The van der Waals surface area contributed by atoms with Crippen LogP contribution >= 0.6 is 11.6 Å². The van der Waals surface area contributed by atoms with Crippen molar-refractivity contribution in [1.29, 1.82) is 0 Å². The summed E-state index contributed by atoms with van der Waals surface area (Å²) in [6.07, 6.45) is -4.20. The maximum atomic E-state index is 12.9. The number of hydrogen-bond acceptors (Lipinski definition) is 1. The largest absolute Gasteiger partial charge is 0.494 e. The first-order chi connectivity index (χ1) is 7.45. The normalized spacial score (nSPS) is 11.6. The lowest BCUT2D eigenvalue weighted by atomic mass is 10.2. The van der Waals surface area contributed by atoms with Crippen molar-refractivity contribution in [3.63, 3.8) is 0 Å². The lowest BCUT2D eigenvalue weighted by molar-refractivity contribution is -0.140. The highest BCUT2D eigenvalue weighted by Gasteiger charge is 2.34. The molecule has 0 saturated carbocycles. The van der Waals surface area contributed by atoms with E-state index in [0.29, 0.717) is 18.4 Å². The predicted octanol–water partition coefficient (Wildman–Crippen LogP) is 3.85. The van der Waals surface area contributed by atoms with E-state index in [4.69, 9.17) is 16.3 Å². The Morgan fingerprint density at radius 3 is 2.50 bits per heavy atom. The number of hydrogen-bond donors (Lipinski definition) is 0. The second-order valence-electron chi connectivity index (χ2n) is 3.03. The van der Waals surface area contributed by atoms with Gasteiger partial charge in [0.15, 0.2) is 0 Å². The Bertz CT molecular complexity index is 351. The van der Waals surface area contributed by atoms with E-state index in [1.54, 1.807) is 0 Å². The van der Waals surface area contributed by atoms with Crippen molar-refractivity contribution in [3.8, 4) is 5.75 Å². The SMILES string of the molecule is Fc1ccc(OCCCCl)cc1C(F)(F)F. The monoisotopic (exact) mass is 256 g/mol. The van der Waals surface area contributed by atoms with Crippen molar-refractivity contribution < 1.29 is 22.3 Å². The van der Waals surface area contributed by atoms with Gasteiger partial charge >= 0.3 is 6.18 Å². The van der Waals surface area contributed by atoms with E-state index in [1.165, 1.54) is 0 Å². The summed E-state index contributed by atoms with van der Waals surface area (Å²) in [4.78, 5) is 0. The van der Waals surface area contributed by atoms with Crippen LogP contribution < -0.4 is 4.74 Å². The molecule has 16 heavy (non-hydrogen) atoms. The summed E-state index contributed by atoms with van der Waals surface area (Å²) < 4.78 is 54.7. The van der Waals surface area contributed by atoms with Gasteiger partial charge < -0.3 is 4.74 Å². The lowest BCUT2D eigenvalue weighted by Gasteiger charge is -2.10. The molecule has 0 aromatic heterocycles. The van der Waals surface area contributed by atoms with Crippen LogP contribution in [0.15, 0.2) is 18.2 Å². The molecule has 0 radical (unpaired) electrons. The summed E-state index contributed by atoms with van der Waals surface area (Å²) in [6.45, 7) is 0.201. The van der Waals surface area contributed by atoms with Gasteiger partial charge in [-0.2, -0.15) is 13.2 Å². The molecule has 0 unspecified atom stereocenters. The van der Waals surface area contributed by atoms with E-state index in [2.05, 4.69) is 0 Å². The van der Waals surface area contributed by atoms with Crippen LogP contribution in [0.1, 0.15) is 12.0 Å². The van der Waals surface area contributed by atoms with Crippen molar-refractivity contribution in [2.75, 3.05) is 12.5 Å². The molecule has 1 aromatic rings. The molecule has 1 rings (SSSR count). The Hall–Kier alpha value is -0.970. The molecule has 1 aromatic carbocycles. The van der Waals surface area contributed by atoms with Gasteiger partial charge in [0, 0.05) is 5.88 Å². The van der Waals surface area contributed by atoms with Crippen molar-refractivity contribution >= 4 is 11.6 Å². The van der Waals surface area contributed by atoms with Crippen molar-refractivity contribution in [2.24, 2.45) is 0 Å². The molecule has 0 aliphatic rings. The van der Waals surface area contributed by atoms with E-state index in [9.17, 15) is 17.6 Å². The van der Waals surface area contributed by atoms with Crippen LogP contribution in [0, 0.1) is 5.82 Å². The zero-order valence-corrected chi connectivity index (χ0v) is 8.91. The number of alkyl halides is 4. The summed E-state index contributed by atoms with van der Waals surface area (Å²) in [5.41, 5.74) is -1.32. The maximum absolute atomic E-state index is 12.9. The Morgan fingerprint density at radius 1 is 1.25 bits per heavy atom. The fraction of sp³-hybridized carbons (Fsp3) is 0.400. The van der Waals surface area contributed by atoms with E-state index < -0.39 is 17.6 Å². The van der Waals surface area contributed by atoms with Crippen LogP contribution in [-0.2, 0) is 6.18 Å². The topological polar surface area (TPSA) is 9.23 Å². The first-order valence-electron chi connectivity index (χ1n) is 4.50. The van der Waals surface area contributed by atoms with Gasteiger partial charge in [-0.1, -0.05) is 0 Å². The number of rotatable bonds is 4. The lowest BCUT2D eigenvalue weighted by Crippen LogP contribution is -2.09. The molecule has 6 heteroatoms. The third-order valence-electron chi connectivity index (χ3n) is 1.79. The molecule has 0 heterocycles. The highest BCUT2D eigenvalue weighted by Crippen LogP contribution is 2.33. The van der Waals surface area contributed by atoms with Gasteiger partial charge in [0.25, 0.3) is 0 Å². The van der Waals surface area contributed by atoms with E-state index in [1.807, 2.05) is 0 Å². The third kappa shape index (κ3) is 3.56. The Labute approximate surface area is 95.0 Å². The summed E-state index contributed by atoms with van der Waals surface area (Å²) in [6, 6.07) is 2.53. The minimum atomic E-state index is -4.71. The van der Waals surface area contributed by atoms with Gasteiger partial charge in [0.05, 0.1) is 12.2 Å².